The SMILES string of the molecule is CC(C)(C)c1cc(-c2[c-]cccc2)nc(-[n+]2[c-]n(-c3ccccc3O)c3ccccc32)c1.[Pt+2]. The van der Waals surface area contributed by atoms with E-state index in [2.05, 4.69) is 45.3 Å². The van der Waals surface area contributed by atoms with Crippen LogP contribution in [-0.2, 0) is 26.5 Å². The largest absolute Gasteiger partial charge is 2.00 e. The number of aromatic nitrogens is 3. The number of imidazole rings is 1. The van der Waals surface area contributed by atoms with Crippen LogP contribution in [0, 0.1) is 12.4 Å². The summed E-state index contributed by atoms with van der Waals surface area (Å²) in [5.74, 6) is 0.975. The van der Waals surface area contributed by atoms with Crippen LogP contribution >= 0.6 is 0 Å². The minimum absolute atomic E-state index is 0. The third-order valence-corrected chi connectivity index (χ3v) is 5.58. The number of fused-ring (bicyclic) bond motifs is 1. The number of para-hydroxylation sites is 4. The number of rotatable bonds is 3. The zero-order valence-electron chi connectivity index (χ0n) is 18.7. The normalized spacial score (nSPS) is 11.4. The molecule has 33 heavy (non-hydrogen) atoms. The van der Waals surface area contributed by atoms with Crippen LogP contribution in [0.15, 0.2) is 84.9 Å². The van der Waals surface area contributed by atoms with Crippen molar-refractivity contribution in [3.63, 3.8) is 0 Å². The number of phenolic OH excluding ortho intramolecular Hbond substituents is 1. The maximum absolute atomic E-state index is 10.5. The number of aromatic hydroxyl groups is 1. The number of hydrogen-bond acceptors (Lipinski definition) is 2. The summed E-state index contributed by atoms with van der Waals surface area (Å²) in [6, 6.07) is 30.8. The van der Waals surface area contributed by atoms with Gasteiger partial charge < -0.3 is 9.67 Å². The number of benzene rings is 3. The molecule has 2 heterocycles. The van der Waals surface area contributed by atoms with E-state index in [-0.39, 0.29) is 32.2 Å². The molecule has 0 spiro atoms. The molecular formula is C28H24N3OPt+. The second-order valence-corrected chi connectivity index (χ2v) is 8.87. The first kappa shape index (κ1) is 22.9. The molecule has 0 aliphatic rings. The Kier molecular flexibility index (Phi) is 6.23. The van der Waals surface area contributed by atoms with E-state index < -0.39 is 0 Å². The maximum atomic E-state index is 10.5. The summed E-state index contributed by atoms with van der Waals surface area (Å²) < 4.78 is 3.84. The minimum Gasteiger partial charge on any atom is -0.512 e. The smallest absolute Gasteiger partial charge is 0.512 e. The van der Waals surface area contributed by atoms with Gasteiger partial charge in [0.15, 0.2) is 12.1 Å². The van der Waals surface area contributed by atoms with Crippen molar-refractivity contribution in [1.82, 2.24) is 9.55 Å². The molecule has 0 amide bonds. The fourth-order valence-electron chi connectivity index (χ4n) is 3.82. The van der Waals surface area contributed by atoms with Gasteiger partial charge >= 0.3 is 21.1 Å². The Labute approximate surface area is 208 Å². The molecule has 3 aromatic carbocycles. The van der Waals surface area contributed by atoms with Crippen molar-refractivity contribution in [1.29, 1.82) is 0 Å². The molecule has 1 N–H and O–H groups in total. The molecule has 5 aromatic rings. The number of nitrogens with zero attached hydrogens (tertiary/aromatic N) is 3. The predicted molar refractivity (Wildman–Crippen MR) is 126 cm³/mol. The third kappa shape index (κ3) is 4.36. The van der Waals surface area contributed by atoms with Gasteiger partial charge in [0.2, 0.25) is 0 Å². The van der Waals surface area contributed by atoms with Crippen molar-refractivity contribution in [2.45, 2.75) is 26.2 Å². The molecule has 5 rings (SSSR count). The number of hydrogen-bond donors (Lipinski definition) is 1. The van der Waals surface area contributed by atoms with Crippen LogP contribution < -0.4 is 4.57 Å². The van der Waals surface area contributed by atoms with Crippen molar-refractivity contribution >= 4 is 11.0 Å². The summed E-state index contributed by atoms with van der Waals surface area (Å²) in [7, 11) is 0. The number of pyridine rings is 1. The van der Waals surface area contributed by atoms with E-state index in [4.69, 9.17) is 4.98 Å². The Morgan fingerprint density at radius 2 is 1.64 bits per heavy atom. The van der Waals surface area contributed by atoms with E-state index in [0.29, 0.717) is 5.69 Å². The standard InChI is InChI=1S/C28H24N3O.Pt/c1-28(2,3)21-17-22(20-11-5-4-6-12-20)29-27(18-21)31-19-30(23-13-7-8-14-24(23)31)25-15-9-10-16-26(25)32;/h4-11,13-18,32H,1-3H3;/q-1;+2. The van der Waals surface area contributed by atoms with Gasteiger partial charge in [0.25, 0.3) is 0 Å². The van der Waals surface area contributed by atoms with E-state index in [0.717, 1.165) is 28.1 Å². The molecule has 0 bridgehead atoms. The van der Waals surface area contributed by atoms with Crippen molar-refractivity contribution in [3.8, 4) is 28.5 Å². The summed E-state index contributed by atoms with van der Waals surface area (Å²) in [6.45, 7) is 6.60. The Morgan fingerprint density at radius 3 is 2.36 bits per heavy atom. The molecule has 0 unspecified atom stereocenters. The second kappa shape index (κ2) is 8.96. The molecule has 0 aliphatic heterocycles. The van der Waals surface area contributed by atoms with E-state index >= 15 is 0 Å². The zero-order valence-corrected chi connectivity index (χ0v) is 21.0. The molecule has 5 heteroatoms. The zero-order chi connectivity index (χ0) is 22.3. The van der Waals surface area contributed by atoms with Gasteiger partial charge in [0.1, 0.15) is 5.75 Å². The summed E-state index contributed by atoms with van der Waals surface area (Å²) in [6.07, 6.45) is 3.42. The number of phenols is 1. The molecule has 0 atom stereocenters. The van der Waals surface area contributed by atoms with Crippen molar-refractivity contribution in [2.24, 2.45) is 0 Å². The Hall–Kier alpha value is -3.23. The molecule has 166 valence electrons. The first-order valence-corrected chi connectivity index (χ1v) is 10.6. The molecule has 2 aromatic heterocycles. The van der Waals surface area contributed by atoms with Gasteiger partial charge in [-0.1, -0.05) is 69.3 Å². The van der Waals surface area contributed by atoms with Crippen LogP contribution in [0.25, 0.3) is 33.8 Å². The first-order valence-electron chi connectivity index (χ1n) is 10.6. The Morgan fingerprint density at radius 1 is 0.909 bits per heavy atom. The molecule has 0 saturated carbocycles. The monoisotopic (exact) mass is 613 g/mol. The summed E-state index contributed by atoms with van der Waals surface area (Å²) in [5.41, 5.74) is 5.50. The Bertz CT molecular complexity index is 1420. The minimum atomic E-state index is -0.0577. The fraction of sp³-hybridized carbons (Fsp3) is 0.143. The molecule has 0 aliphatic carbocycles. The van der Waals surface area contributed by atoms with Gasteiger partial charge in [-0.25, -0.2) is 0 Å². The van der Waals surface area contributed by atoms with E-state index in [1.165, 1.54) is 5.56 Å². The van der Waals surface area contributed by atoms with Crippen LogP contribution in [-0.4, -0.2) is 14.7 Å². The second-order valence-electron chi connectivity index (χ2n) is 8.87. The van der Waals surface area contributed by atoms with E-state index in [1.807, 2.05) is 75.9 Å². The van der Waals surface area contributed by atoms with Gasteiger partial charge in [0.05, 0.1) is 11.4 Å². The first-order chi connectivity index (χ1) is 15.4. The van der Waals surface area contributed by atoms with Gasteiger partial charge in [-0.2, -0.15) is 4.98 Å². The average Bonchev–Trinajstić information content (AvgIpc) is 3.19. The predicted octanol–water partition coefficient (Wildman–Crippen LogP) is 5.57. The molecule has 4 nitrogen and oxygen atoms in total. The van der Waals surface area contributed by atoms with Crippen LogP contribution in [0.4, 0.5) is 0 Å². The third-order valence-electron chi connectivity index (χ3n) is 5.58. The van der Waals surface area contributed by atoms with Gasteiger partial charge in [-0.3, -0.25) is 4.57 Å². The van der Waals surface area contributed by atoms with Crippen LogP contribution in [0.1, 0.15) is 26.3 Å². The molecule has 0 fully saturated rings. The van der Waals surface area contributed by atoms with Gasteiger partial charge in [-0.05, 0) is 23.1 Å². The summed E-state index contributed by atoms with van der Waals surface area (Å²) in [5, 5.41) is 10.5. The molecular weight excluding hydrogens is 589 g/mol. The van der Waals surface area contributed by atoms with Crippen LogP contribution in [0.5, 0.6) is 5.75 Å². The van der Waals surface area contributed by atoms with Gasteiger partial charge in [-0.15, -0.1) is 35.9 Å². The molecule has 0 saturated heterocycles. The molecule has 0 radical (unpaired) electrons. The fourth-order valence-corrected chi connectivity index (χ4v) is 3.82. The topological polar surface area (TPSA) is 41.9 Å². The van der Waals surface area contributed by atoms with Crippen molar-refractivity contribution < 1.29 is 30.7 Å². The average molecular weight is 614 g/mol. The maximum Gasteiger partial charge on any atom is 2.00 e. The van der Waals surface area contributed by atoms with Crippen LogP contribution in [0.2, 0.25) is 0 Å². The summed E-state index contributed by atoms with van der Waals surface area (Å²) >= 11 is 0. The van der Waals surface area contributed by atoms with Gasteiger partial charge in [0, 0.05) is 11.0 Å². The quantitative estimate of drug-likeness (QED) is 0.214. The van der Waals surface area contributed by atoms with Crippen molar-refractivity contribution in [2.75, 3.05) is 0 Å². The van der Waals surface area contributed by atoms with E-state index in [9.17, 15) is 5.11 Å². The van der Waals surface area contributed by atoms with Crippen molar-refractivity contribution in [3.05, 3.63) is 103 Å². The summed E-state index contributed by atoms with van der Waals surface area (Å²) in [4.78, 5) is 4.99. The van der Waals surface area contributed by atoms with E-state index in [1.54, 1.807) is 6.07 Å². The Balaban J connectivity index is 0.00000259. The van der Waals surface area contributed by atoms with Crippen LogP contribution in [0.3, 0.4) is 0 Å².